The zero-order chi connectivity index (χ0) is 13.5. The molecule has 0 radical (unpaired) electrons. The highest BCUT2D eigenvalue weighted by atomic mass is 79.9. The Hall–Kier alpha value is -0.400. The summed E-state index contributed by atoms with van der Waals surface area (Å²) in [5.74, 6) is 0.722. The SMILES string of the molecule is Cc1noc(C)c1S(=O)(=O)N1CCC(C)C1CBr. The van der Waals surface area contributed by atoms with E-state index in [1.165, 1.54) is 0 Å². The Morgan fingerprint density at radius 2 is 2.17 bits per heavy atom. The Kier molecular flexibility index (Phi) is 3.85. The second-order valence-corrected chi connectivity index (χ2v) is 7.23. The molecule has 18 heavy (non-hydrogen) atoms. The van der Waals surface area contributed by atoms with E-state index in [2.05, 4.69) is 28.0 Å². The number of nitrogens with zero attached hydrogens (tertiary/aromatic N) is 2. The molecule has 5 nitrogen and oxygen atoms in total. The molecular weight excluding hydrogens is 320 g/mol. The molecule has 1 aliphatic rings. The molecule has 2 heterocycles. The number of sulfonamides is 1. The average molecular weight is 337 g/mol. The number of hydrogen-bond acceptors (Lipinski definition) is 4. The number of aryl methyl sites for hydroxylation is 2. The van der Waals surface area contributed by atoms with Gasteiger partial charge in [0.05, 0.1) is 0 Å². The zero-order valence-corrected chi connectivity index (χ0v) is 13.1. The molecule has 102 valence electrons. The van der Waals surface area contributed by atoms with Gasteiger partial charge in [-0.2, -0.15) is 4.31 Å². The maximum atomic E-state index is 12.7. The van der Waals surface area contributed by atoms with Crippen molar-refractivity contribution < 1.29 is 12.9 Å². The third-order valence-corrected chi connectivity index (χ3v) is 6.36. The van der Waals surface area contributed by atoms with Gasteiger partial charge < -0.3 is 4.52 Å². The Bertz CT molecular complexity index is 521. The standard InChI is InChI=1S/C11H17BrN2O3S/c1-7-4-5-14(10(7)6-12)18(15,16)11-8(2)13-17-9(11)3/h7,10H,4-6H2,1-3H3. The topological polar surface area (TPSA) is 63.4 Å². The summed E-state index contributed by atoms with van der Waals surface area (Å²) < 4.78 is 31.9. The first kappa shape index (κ1) is 14.0. The summed E-state index contributed by atoms with van der Waals surface area (Å²) in [4.78, 5) is 0.225. The summed E-state index contributed by atoms with van der Waals surface area (Å²) in [5, 5.41) is 4.38. The highest BCUT2D eigenvalue weighted by Crippen LogP contribution is 2.33. The smallest absolute Gasteiger partial charge is 0.248 e. The molecule has 1 aromatic heterocycles. The van der Waals surface area contributed by atoms with Crippen molar-refractivity contribution in [2.45, 2.75) is 38.1 Å². The van der Waals surface area contributed by atoms with Crippen LogP contribution in [-0.4, -0.2) is 35.8 Å². The van der Waals surface area contributed by atoms with Crippen LogP contribution in [0, 0.1) is 19.8 Å². The van der Waals surface area contributed by atoms with Crippen LogP contribution in [0.15, 0.2) is 9.42 Å². The van der Waals surface area contributed by atoms with Crippen LogP contribution in [0.3, 0.4) is 0 Å². The molecule has 1 aromatic rings. The van der Waals surface area contributed by atoms with E-state index in [1.54, 1.807) is 18.2 Å². The van der Waals surface area contributed by atoms with Crippen molar-refractivity contribution >= 4 is 26.0 Å². The molecule has 0 amide bonds. The van der Waals surface area contributed by atoms with Gasteiger partial charge in [-0.05, 0) is 26.2 Å². The maximum absolute atomic E-state index is 12.7. The van der Waals surface area contributed by atoms with Gasteiger partial charge in [0.2, 0.25) is 10.0 Å². The molecule has 1 aliphatic heterocycles. The van der Waals surface area contributed by atoms with Crippen LogP contribution in [0.4, 0.5) is 0 Å². The largest absolute Gasteiger partial charge is 0.360 e. The van der Waals surface area contributed by atoms with E-state index < -0.39 is 10.0 Å². The monoisotopic (exact) mass is 336 g/mol. The fraction of sp³-hybridized carbons (Fsp3) is 0.727. The molecule has 2 unspecified atom stereocenters. The second kappa shape index (κ2) is 4.94. The van der Waals surface area contributed by atoms with E-state index in [9.17, 15) is 8.42 Å². The molecule has 1 saturated heterocycles. The van der Waals surface area contributed by atoms with Crippen molar-refractivity contribution in [2.24, 2.45) is 5.92 Å². The minimum Gasteiger partial charge on any atom is -0.360 e. The molecule has 0 bridgehead atoms. The summed E-state index contributed by atoms with van der Waals surface area (Å²) >= 11 is 3.40. The van der Waals surface area contributed by atoms with Crippen molar-refractivity contribution in [2.75, 3.05) is 11.9 Å². The molecule has 7 heteroatoms. The van der Waals surface area contributed by atoms with Gasteiger partial charge in [0.1, 0.15) is 10.6 Å². The zero-order valence-electron chi connectivity index (χ0n) is 10.7. The Morgan fingerprint density at radius 1 is 1.50 bits per heavy atom. The van der Waals surface area contributed by atoms with Crippen LogP contribution in [0.2, 0.25) is 0 Å². The van der Waals surface area contributed by atoms with Crippen molar-refractivity contribution in [3.8, 4) is 0 Å². The van der Waals surface area contributed by atoms with Crippen LogP contribution in [0.5, 0.6) is 0 Å². The lowest BCUT2D eigenvalue weighted by molar-refractivity contribution is 0.374. The van der Waals surface area contributed by atoms with E-state index in [-0.39, 0.29) is 10.9 Å². The Labute approximate surface area is 116 Å². The third-order valence-electron chi connectivity index (χ3n) is 3.52. The van der Waals surface area contributed by atoms with E-state index in [0.717, 1.165) is 6.42 Å². The van der Waals surface area contributed by atoms with Crippen LogP contribution < -0.4 is 0 Å². The van der Waals surface area contributed by atoms with Crippen LogP contribution in [0.25, 0.3) is 0 Å². The molecular formula is C11H17BrN2O3S. The summed E-state index contributed by atoms with van der Waals surface area (Å²) in [7, 11) is -3.50. The minimum atomic E-state index is -3.50. The summed E-state index contributed by atoms with van der Waals surface area (Å²) in [5.41, 5.74) is 0.431. The summed E-state index contributed by atoms with van der Waals surface area (Å²) in [6.45, 7) is 5.93. The van der Waals surface area contributed by atoms with E-state index in [4.69, 9.17) is 4.52 Å². The van der Waals surface area contributed by atoms with Crippen LogP contribution in [0.1, 0.15) is 24.8 Å². The van der Waals surface area contributed by atoms with Crippen molar-refractivity contribution in [3.05, 3.63) is 11.5 Å². The lowest BCUT2D eigenvalue weighted by Gasteiger charge is -2.24. The van der Waals surface area contributed by atoms with Gasteiger partial charge in [-0.1, -0.05) is 28.0 Å². The van der Waals surface area contributed by atoms with Gasteiger partial charge in [0, 0.05) is 17.9 Å². The van der Waals surface area contributed by atoms with Crippen LogP contribution >= 0.6 is 15.9 Å². The number of hydrogen-bond donors (Lipinski definition) is 0. The highest BCUT2D eigenvalue weighted by molar-refractivity contribution is 9.09. The van der Waals surface area contributed by atoms with Gasteiger partial charge >= 0.3 is 0 Å². The molecule has 2 atom stereocenters. The molecule has 0 aliphatic carbocycles. The normalized spacial score (nSPS) is 25.8. The van der Waals surface area contributed by atoms with Crippen molar-refractivity contribution in [1.82, 2.24) is 9.46 Å². The average Bonchev–Trinajstić information content (AvgIpc) is 2.82. The number of alkyl halides is 1. The van der Waals surface area contributed by atoms with Crippen LogP contribution in [-0.2, 0) is 10.0 Å². The van der Waals surface area contributed by atoms with Crippen molar-refractivity contribution in [1.29, 1.82) is 0 Å². The minimum absolute atomic E-state index is 0.00343. The number of aromatic nitrogens is 1. The van der Waals surface area contributed by atoms with E-state index >= 15 is 0 Å². The lowest BCUT2D eigenvalue weighted by atomic mass is 10.1. The van der Waals surface area contributed by atoms with Gasteiger partial charge in [0.15, 0.2) is 5.76 Å². The molecule has 1 fully saturated rings. The maximum Gasteiger partial charge on any atom is 0.248 e. The second-order valence-electron chi connectivity index (χ2n) is 4.76. The van der Waals surface area contributed by atoms with Gasteiger partial charge in [-0.3, -0.25) is 0 Å². The lowest BCUT2D eigenvalue weighted by Crippen LogP contribution is -2.38. The fourth-order valence-corrected chi connectivity index (χ4v) is 5.67. The molecule has 0 N–H and O–H groups in total. The summed E-state index contributed by atoms with van der Waals surface area (Å²) in [6, 6.07) is 0.00343. The Balaban J connectivity index is 2.44. The first-order valence-electron chi connectivity index (χ1n) is 5.90. The Morgan fingerprint density at radius 3 is 2.67 bits per heavy atom. The third kappa shape index (κ3) is 2.12. The predicted octanol–water partition coefficient (Wildman–Crippen LogP) is 2.09. The first-order chi connectivity index (χ1) is 8.39. The van der Waals surface area contributed by atoms with E-state index in [1.807, 2.05) is 0 Å². The number of halogens is 1. The summed E-state index contributed by atoms with van der Waals surface area (Å²) in [6.07, 6.45) is 0.888. The van der Waals surface area contributed by atoms with Gasteiger partial charge in [-0.15, -0.1) is 0 Å². The first-order valence-corrected chi connectivity index (χ1v) is 8.46. The number of rotatable bonds is 3. The van der Waals surface area contributed by atoms with E-state index in [0.29, 0.717) is 29.2 Å². The van der Waals surface area contributed by atoms with Gasteiger partial charge in [0.25, 0.3) is 0 Å². The molecule has 0 aromatic carbocycles. The molecule has 2 rings (SSSR count). The fourth-order valence-electron chi connectivity index (χ4n) is 2.46. The van der Waals surface area contributed by atoms with Crippen molar-refractivity contribution in [3.63, 3.8) is 0 Å². The van der Waals surface area contributed by atoms with Gasteiger partial charge in [-0.25, -0.2) is 8.42 Å². The molecule has 0 spiro atoms. The quantitative estimate of drug-likeness (QED) is 0.793. The highest BCUT2D eigenvalue weighted by Gasteiger charge is 2.41. The predicted molar refractivity (Wildman–Crippen MR) is 71.2 cm³/mol. The molecule has 0 saturated carbocycles.